The molecule has 1 aliphatic rings. The number of aromatic nitrogens is 3. The summed E-state index contributed by atoms with van der Waals surface area (Å²) in [6.45, 7) is 4.49. The van der Waals surface area contributed by atoms with E-state index in [1.54, 1.807) is 6.33 Å². The number of benzene rings is 1. The number of nitrogens with zero attached hydrogens (tertiary/aromatic N) is 3. The highest BCUT2D eigenvalue weighted by atomic mass is 16.7. The van der Waals surface area contributed by atoms with Crippen LogP contribution in [-0.2, 0) is 7.05 Å². The highest BCUT2D eigenvalue weighted by molar-refractivity contribution is 5.45. The van der Waals surface area contributed by atoms with Crippen molar-refractivity contribution in [2.24, 2.45) is 7.05 Å². The minimum absolute atomic E-state index is 0.114. The average Bonchev–Trinajstić information content (AvgIpc) is 3.05. The van der Waals surface area contributed by atoms with Crippen LogP contribution in [0.5, 0.6) is 11.5 Å². The van der Waals surface area contributed by atoms with Crippen LogP contribution in [0.15, 0.2) is 24.5 Å². The van der Waals surface area contributed by atoms with E-state index in [9.17, 15) is 0 Å². The Balaban J connectivity index is 1.73. The van der Waals surface area contributed by atoms with Crippen molar-refractivity contribution in [1.82, 2.24) is 20.1 Å². The smallest absolute Gasteiger partial charge is 0.231 e. The van der Waals surface area contributed by atoms with Gasteiger partial charge < -0.3 is 19.4 Å². The van der Waals surface area contributed by atoms with Crippen LogP contribution in [0.1, 0.15) is 37.3 Å². The molecule has 2 heterocycles. The average molecular weight is 274 g/mol. The molecule has 1 aliphatic heterocycles. The first-order chi connectivity index (χ1) is 9.65. The van der Waals surface area contributed by atoms with Crippen LogP contribution in [0, 0.1) is 0 Å². The molecule has 0 bridgehead atoms. The zero-order chi connectivity index (χ0) is 14.1. The molecule has 0 spiro atoms. The van der Waals surface area contributed by atoms with Crippen molar-refractivity contribution in [3.05, 3.63) is 35.9 Å². The van der Waals surface area contributed by atoms with Gasteiger partial charge in [0.25, 0.3) is 0 Å². The topological polar surface area (TPSA) is 61.2 Å². The first-order valence-corrected chi connectivity index (χ1v) is 6.64. The predicted octanol–water partition coefficient (Wildman–Crippen LogP) is 1.96. The summed E-state index contributed by atoms with van der Waals surface area (Å²) in [5.41, 5.74) is 1.16. The molecule has 0 aliphatic carbocycles. The van der Waals surface area contributed by atoms with Crippen molar-refractivity contribution >= 4 is 0 Å². The Morgan fingerprint density at radius 1 is 1.20 bits per heavy atom. The van der Waals surface area contributed by atoms with Gasteiger partial charge in [0.15, 0.2) is 11.5 Å². The molecular formula is C14H18N4O2. The van der Waals surface area contributed by atoms with Gasteiger partial charge in [-0.15, -0.1) is 10.2 Å². The lowest BCUT2D eigenvalue weighted by molar-refractivity contribution is 0.174. The Morgan fingerprint density at radius 2 is 2.00 bits per heavy atom. The van der Waals surface area contributed by atoms with Crippen LogP contribution in [0.4, 0.5) is 0 Å². The highest BCUT2D eigenvalue weighted by Crippen LogP contribution is 2.34. The van der Waals surface area contributed by atoms with Crippen molar-refractivity contribution in [3.8, 4) is 11.5 Å². The molecule has 2 unspecified atom stereocenters. The molecule has 1 aromatic heterocycles. The van der Waals surface area contributed by atoms with Crippen molar-refractivity contribution in [3.63, 3.8) is 0 Å². The van der Waals surface area contributed by atoms with Gasteiger partial charge in [-0.1, -0.05) is 6.07 Å². The molecule has 2 atom stereocenters. The van der Waals surface area contributed by atoms with Crippen LogP contribution in [0.3, 0.4) is 0 Å². The minimum atomic E-state index is 0.114. The van der Waals surface area contributed by atoms with E-state index in [-0.39, 0.29) is 12.1 Å². The Morgan fingerprint density at radius 3 is 2.75 bits per heavy atom. The Bertz CT molecular complexity index is 611. The van der Waals surface area contributed by atoms with Gasteiger partial charge >= 0.3 is 0 Å². The van der Waals surface area contributed by atoms with Crippen LogP contribution in [-0.4, -0.2) is 21.6 Å². The molecule has 0 amide bonds. The summed E-state index contributed by atoms with van der Waals surface area (Å²) in [6, 6.07) is 6.31. The summed E-state index contributed by atoms with van der Waals surface area (Å²) in [5.74, 6) is 2.53. The third kappa shape index (κ3) is 2.34. The molecule has 0 fully saturated rings. The first kappa shape index (κ1) is 12.9. The number of hydrogen-bond acceptors (Lipinski definition) is 5. The molecule has 0 radical (unpaired) electrons. The van der Waals surface area contributed by atoms with E-state index in [4.69, 9.17) is 9.47 Å². The van der Waals surface area contributed by atoms with E-state index in [1.165, 1.54) is 0 Å². The zero-order valence-corrected chi connectivity index (χ0v) is 11.8. The van der Waals surface area contributed by atoms with Crippen molar-refractivity contribution in [2.75, 3.05) is 6.79 Å². The molecule has 6 heteroatoms. The lowest BCUT2D eigenvalue weighted by Gasteiger charge is -2.20. The molecule has 20 heavy (non-hydrogen) atoms. The fraction of sp³-hybridized carbons (Fsp3) is 0.429. The summed E-state index contributed by atoms with van der Waals surface area (Å²) < 4.78 is 12.7. The first-order valence-electron chi connectivity index (χ1n) is 6.64. The largest absolute Gasteiger partial charge is 0.454 e. The fourth-order valence-electron chi connectivity index (χ4n) is 2.41. The number of aryl methyl sites for hydroxylation is 1. The Hall–Kier alpha value is -2.08. The van der Waals surface area contributed by atoms with Gasteiger partial charge in [0.1, 0.15) is 12.2 Å². The predicted molar refractivity (Wildman–Crippen MR) is 73.5 cm³/mol. The number of nitrogens with one attached hydrogen (secondary N) is 1. The van der Waals surface area contributed by atoms with Crippen molar-refractivity contribution in [2.45, 2.75) is 25.9 Å². The molecule has 2 aromatic rings. The number of fused-ring (bicyclic) bond motifs is 1. The summed E-state index contributed by atoms with van der Waals surface area (Å²) in [7, 11) is 1.94. The van der Waals surface area contributed by atoms with Gasteiger partial charge in [0, 0.05) is 13.1 Å². The van der Waals surface area contributed by atoms with Crippen LogP contribution >= 0.6 is 0 Å². The maximum atomic E-state index is 5.41. The third-order valence-corrected chi connectivity index (χ3v) is 3.53. The molecule has 6 nitrogen and oxygen atoms in total. The highest BCUT2D eigenvalue weighted by Gasteiger charge is 2.18. The van der Waals surface area contributed by atoms with Crippen LogP contribution in [0.2, 0.25) is 0 Å². The summed E-state index contributed by atoms with van der Waals surface area (Å²) >= 11 is 0. The molecule has 106 valence electrons. The third-order valence-electron chi connectivity index (χ3n) is 3.53. The van der Waals surface area contributed by atoms with Crippen LogP contribution < -0.4 is 14.8 Å². The van der Waals surface area contributed by atoms with E-state index in [2.05, 4.69) is 35.4 Å². The van der Waals surface area contributed by atoms with Crippen LogP contribution in [0.25, 0.3) is 0 Å². The zero-order valence-electron chi connectivity index (χ0n) is 11.8. The lowest BCUT2D eigenvalue weighted by atomic mass is 10.1. The molecule has 0 saturated carbocycles. The van der Waals surface area contributed by atoms with Gasteiger partial charge in [0.05, 0.1) is 6.04 Å². The van der Waals surface area contributed by atoms with Gasteiger partial charge in [0.2, 0.25) is 6.79 Å². The molecule has 3 rings (SSSR count). The van der Waals surface area contributed by atoms with E-state index >= 15 is 0 Å². The Kier molecular flexibility index (Phi) is 3.31. The second-order valence-electron chi connectivity index (χ2n) is 5.02. The maximum Gasteiger partial charge on any atom is 0.231 e. The number of rotatable bonds is 4. The van der Waals surface area contributed by atoms with E-state index in [1.807, 2.05) is 23.7 Å². The molecule has 1 N–H and O–H groups in total. The van der Waals surface area contributed by atoms with Gasteiger partial charge in [-0.3, -0.25) is 0 Å². The summed E-state index contributed by atoms with van der Waals surface area (Å²) in [5, 5.41) is 11.5. The Labute approximate surface area is 117 Å². The molecule has 1 aromatic carbocycles. The normalized spacial score (nSPS) is 16.1. The van der Waals surface area contributed by atoms with E-state index in [0.29, 0.717) is 6.79 Å². The second-order valence-corrected chi connectivity index (χ2v) is 5.02. The second kappa shape index (κ2) is 5.13. The molecule has 0 saturated heterocycles. The fourth-order valence-corrected chi connectivity index (χ4v) is 2.41. The maximum absolute atomic E-state index is 5.41. The number of ether oxygens (including phenoxy) is 2. The summed E-state index contributed by atoms with van der Waals surface area (Å²) in [4.78, 5) is 0. The van der Waals surface area contributed by atoms with E-state index < -0.39 is 0 Å². The van der Waals surface area contributed by atoms with Gasteiger partial charge in [-0.05, 0) is 31.5 Å². The summed E-state index contributed by atoms with van der Waals surface area (Å²) in [6.07, 6.45) is 1.71. The standard InChI is InChI=1S/C14H18N4O2/c1-9(16-10(2)14-17-15-7-18(14)3)11-4-5-12-13(6-11)20-8-19-12/h4-7,9-10,16H,8H2,1-3H3. The quantitative estimate of drug-likeness (QED) is 0.923. The molecular weight excluding hydrogens is 256 g/mol. The SMILES string of the molecule is CC(NC(C)c1nncn1C)c1ccc2c(c1)OCO2. The van der Waals surface area contributed by atoms with Gasteiger partial charge in [-0.25, -0.2) is 0 Å². The monoisotopic (exact) mass is 274 g/mol. The minimum Gasteiger partial charge on any atom is -0.454 e. The lowest BCUT2D eigenvalue weighted by Crippen LogP contribution is -2.24. The van der Waals surface area contributed by atoms with Gasteiger partial charge in [-0.2, -0.15) is 0 Å². The van der Waals surface area contributed by atoms with Crippen molar-refractivity contribution < 1.29 is 9.47 Å². The van der Waals surface area contributed by atoms with E-state index in [0.717, 1.165) is 22.9 Å². The number of hydrogen-bond donors (Lipinski definition) is 1. The van der Waals surface area contributed by atoms with Crippen molar-refractivity contribution in [1.29, 1.82) is 0 Å².